The van der Waals surface area contributed by atoms with Gasteiger partial charge in [0.1, 0.15) is 17.3 Å². The van der Waals surface area contributed by atoms with Crippen LogP contribution in [0.4, 0.5) is 5.82 Å². The van der Waals surface area contributed by atoms with Crippen molar-refractivity contribution in [1.82, 2.24) is 9.72 Å². The largest absolute Gasteiger partial charge is 0.360 e. The first-order chi connectivity index (χ1) is 14.2. The fourth-order valence-electron chi connectivity index (χ4n) is 2.75. The Labute approximate surface area is 176 Å². The Bertz CT molecular complexity index is 1300. The van der Waals surface area contributed by atoms with Gasteiger partial charge in [0, 0.05) is 12.6 Å². The molecule has 2 aromatic heterocycles. The van der Waals surface area contributed by atoms with E-state index in [0.29, 0.717) is 17.1 Å². The van der Waals surface area contributed by atoms with Crippen LogP contribution in [0, 0.1) is 13.8 Å². The molecule has 1 N–H and O–H groups in total. The number of fused-ring (bicyclic) bond motifs is 1. The van der Waals surface area contributed by atoms with Crippen molar-refractivity contribution in [1.29, 1.82) is 0 Å². The molecule has 0 unspecified atom stereocenters. The van der Waals surface area contributed by atoms with Gasteiger partial charge in [0.25, 0.3) is 5.91 Å². The zero-order chi connectivity index (χ0) is 21.9. The van der Waals surface area contributed by atoms with Crippen LogP contribution in [0.3, 0.4) is 0 Å². The third kappa shape index (κ3) is 5.30. The number of nitrogens with one attached hydrogen (secondary N) is 1. The number of amides is 2. The van der Waals surface area contributed by atoms with Gasteiger partial charge in [0.15, 0.2) is 20.5 Å². The van der Waals surface area contributed by atoms with Crippen molar-refractivity contribution in [3.63, 3.8) is 0 Å². The van der Waals surface area contributed by atoms with Gasteiger partial charge >= 0.3 is 0 Å². The van der Waals surface area contributed by atoms with Crippen LogP contribution in [0.2, 0.25) is 0 Å². The van der Waals surface area contributed by atoms with Gasteiger partial charge in [-0.1, -0.05) is 28.6 Å². The van der Waals surface area contributed by atoms with Crippen LogP contribution in [-0.2, 0) is 26.0 Å². The average molecular weight is 449 g/mol. The Kier molecular flexibility index (Phi) is 6.32. The minimum Gasteiger partial charge on any atom is -0.360 e. The highest BCUT2D eigenvalue weighted by Gasteiger charge is 2.22. The number of hydrogen-bond donors (Lipinski definition) is 1. The van der Waals surface area contributed by atoms with Crippen molar-refractivity contribution in [2.45, 2.75) is 20.4 Å². The number of sulfone groups is 1. The highest BCUT2D eigenvalue weighted by atomic mass is 32.2. The van der Waals surface area contributed by atoms with Crippen molar-refractivity contribution in [2.24, 2.45) is 4.99 Å². The van der Waals surface area contributed by atoms with Gasteiger partial charge in [0.2, 0.25) is 5.91 Å². The maximum absolute atomic E-state index is 12.3. The quantitative estimate of drug-likeness (QED) is 0.551. The standard InChI is InChI=1S/C19H20N4O5S2/c1-4-7-23-14-6-5-12(2)8-15(14)29-19(23)21-18(25)11-30(26,27)10-17(24)20-16-9-13(3)28-22-16/h4-6,8-9H,1,7,10-11H2,2-3H3,(H,20,22,24). The minimum atomic E-state index is -4.01. The SMILES string of the molecule is C=CCn1c(=NC(=O)CS(=O)(=O)CC(=O)Nc2cc(C)on2)sc2cc(C)ccc21. The molecule has 158 valence electrons. The predicted molar refractivity (Wildman–Crippen MR) is 114 cm³/mol. The molecule has 11 heteroatoms. The summed E-state index contributed by atoms with van der Waals surface area (Å²) in [5, 5.41) is 5.87. The molecular weight excluding hydrogens is 428 g/mol. The summed E-state index contributed by atoms with van der Waals surface area (Å²) in [6, 6.07) is 7.28. The van der Waals surface area contributed by atoms with E-state index in [1.165, 1.54) is 17.4 Å². The Morgan fingerprint density at radius 1 is 1.30 bits per heavy atom. The molecule has 0 saturated heterocycles. The summed E-state index contributed by atoms with van der Waals surface area (Å²) in [7, 11) is -4.01. The summed E-state index contributed by atoms with van der Waals surface area (Å²) in [6.45, 7) is 7.72. The normalized spacial score (nSPS) is 12.3. The van der Waals surface area contributed by atoms with Crippen LogP contribution >= 0.6 is 11.3 Å². The van der Waals surface area contributed by atoms with Gasteiger partial charge in [-0.2, -0.15) is 4.99 Å². The van der Waals surface area contributed by atoms with Gasteiger partial charge in [0.05, 0.1) is 10.2 Å². The fourth-order valence-corrected chi connectivity index (χ4v) is 4.92. The second-order valence-corrected chi connectivity index (χ2v) is 9.74. The zero-order valence-corrected chi connectivity index (χ0v) is 18.0. The minimum absolute atomic E-state index is 0.106. The topological polar surface area (TPSA) is 124 Å². The lowest BCUT2D eigenvalue weighted by atomic mass is 10.2. The van der Waals surface area contributed by atoms with Crippen molar-refractivity contribution in [2.75, 3.05) is 16.8 Å². The predicted octanol–water partition coefficient (Wildman–Crippen LogP) is 1.97. The molecule has 0 radical (unpaired) electrons. The summed E-state index contributed by atoms with van der Waals surface area (Å²) >= 11 is 1.29. The van der Waals surface area contributed by atoms with E-state index in [4.69, 9.17) is 4.52 Å². The van der Waals surface area contributed by atoms with Gasteiger partial charge < -0.3 is 14.4 Å². The van der Waals surface area contributed by atoms with E-state index >= 15 is 0 Å². The second kappa shape index (κ2) is 8.76. The number of aromatic nitrogens is 2. The zero-order valence-electron chi connectivity index (χ0n) is 16.4. The Balaban J connectivity index is 1.78. The van der Waals surface area contributed by atoms with E-state index in [0.717, 1.165) is 15.8 Å². The third-order valence-electron chi connectivity index (χ3n) is 3.96. The molecule has 0 saturated carbocycles. The number of carbonyl (C=O) groups is 2. The maximum Gasteiger partial charge on any atom is 0.263 e. The molecule has 0 aliphatic rings. The molecule has 1 aromatic carbocycles. The van der Waals surface area contributed by atoms with Crippen LogP contribution < -0.4 is 10.1 Å². The number of nitrogens with zero attached hydrogens (tertiary/aromatic N) is 3. The number of anilines is 1. The number of allylic oxidation sites excluding steroid dienone is 1. The van der Waals surface area contributed by atoms with Crippen molar-refractivity contribution >= 4 is 49.0 Å². The van der Waals surface area contributed by atoms with Crippen LogP contribution in [0.1, 0.15) is 11.3 Å². The van der Waals surface area contributed by atoms with Gasteiger partial charge in [-0.15, -0.1) is 6.58 Å². The highest BCUT2D eigenvalue weighted by molar-refractivity contribution is 7.92. The summed E-state index contributed by atoms with van der Waals surface area (Å²) in [4.78, 5) is 28.6. The Morgan fingerprint density at radius 2 is 2.07 bits per heavy atom. The molecule has 0 aliphatic carbocycles. The fraction of sp³-hybridized carbons (Fsp3) is 0.263. The number of carbonyl (C=O) groups excluding carboxylic acids is 2. The molecule has 2 heterocycles. The van der Waals surface area contributed by atoms with Crippen LogP contribution in [-0.4, -0.2) is 41.5 Å². The van der Waals surface area contributed by atoms with E-state index in [9.17, 15) is 18.0 Å². The molecule has 0 atom stereocenters. The molecule has 3 aromatic rings. The lowest BCUT2D eigenvalue weighted by Gasteiger charge is -2.03. The van der Waals surface area contributed by atoms with Crippen molar-refractivity contribution in [3.05, 3.63) is 53.0 Å². The average Bonchev–Trinajstić information content (AvgIpc) is 3.17. The molecule has 0 aliphatic heterocycles. The first-order valence-electron chi connectivity index (χ1n) is 8.89. The van der Waals surface area contributed by atoms with E-state index in [2.05, 4.69) is 22.0 Å². The highest BCUT2D eigenvalue weighted by Crippen LogP contribution is 2.19. The van der Waals surface area contributed by atoms with Crippen LogP contribution in [0.5, 0.6) is 0 Å². The summed E-state index contributed by atoms with van der Waals surface area (Å²) in [5.74, 6) is -2.82. The summed E-state index contributed by atoms with van der Waals surface area (Å²) in [6.07, 6.45) is 1.67. The van der Waals surface area contributed by atoms with E-state index in [1.807, 2.05) is 25.1 Å². The van der Waals surface area contributed by atoms with Crippen LogP contribution in [0.15, 0.2) is 46.4 Å². The summed E-state index contributed by atoms with van der Waals surface area (Å²) in [5.41, 5.74) is 1.94. The molecule has 0 fully saturated rings. The van der Waals surface area contributed by atoms with E-state index in [-0.39, 0.29) is 5.82 Å². The monoisotopic (exact) mass is 448 g/mol. The molecular formula is C19H20N4O5S2. The molecule has 0 spiro atoms. The Morgan fingerprint density at radius 3 is 2.73 bits per heavy atom. The van der Waals surface area contributed by atoms with E-state index < -0.39 is 33.2 Å². The first-order valence-corrected chi connectivity index (χ1v) is 11.5. The number of rotatable bonds is 7. The maximum atomic E-state index is 12.3. The molecule has 9 nitrogen and oxygen atoms in total. The lowest BCUT2D eigenvalue weighted by Crippen LogP contribution is -2.28. The van der Waals surface area contributed by atoms with Gasteiger partial charge in [-0.05, 0) is 31.5 Å². The molecule has 0 bridgehead atoms. The number of thiazole rings is 1. The second-order valence-electron chi connectivity index (χ2n) is 6.66. The first kappa shape index (κ1) is 21.7. The smallest absolute Gasteiger partial charge is 0.263 e. The number of aryl methyl sites for hydroxylation is 2. The lowest BCUT2D eigenvalue weighted by molar-refractivity contribution is -0.115. The van der Waals surface area contributed by atoms with Crippen molar-refractivity contribution < 1.29 is 22.5 Å². The number of hydrogen-bond acceptors (Lipinski definition) is 7. The van der Waals surface area contributed by atoms with Gasteiger partial charge in [-0.3, -0.25) is 9.59 Å². The molecule has 3 rings (SSSR count). The number of benzene rings is 1. The van der Waals surface area contributed by atoms with Crippen molar-refractivity contribution in [3.8, 4) is 0 Å². The molecule has 30 heavy (non-hydrogen) atoms. The van der Waals surface area contributed by atoms with Gasteiger partial charge in [-0.25, -0.2) is 8.42 Å². The van der Waals surface area contributed by atoms with E-state index in [1.54, 1.807) is 17.6 Å². The molecule has 2 amide bonds. The third-order valence-corrected chi connectivity index (χ3v) is 6.39. The Hall–Kier alpha value is -3.05. The summed E-state index contributed by atoms with van der Waals surface area (Å²) < 4.78 is 32.0. The van der Waals surface area contributed by atoms with Crippen LogP contribution in [0.25, 0.3) is 10.2 Å².